The van der Waals surface area contributed by atoms with Gasteiger partial charge >= 0.3 is 18.6 Å². The summed E-state index contributed by atoms with van der Waals surface area (Å²) in [6.45, 7) is 5.14. The fourth-order valence-corrected chi connectivity index (χ4v) is 8.09. The first-order chi connectivity index (χ1) is 26.8. The molecule has 0 radical (unpaired) electrons. The summed E-state index contributed by atoms with van der Waals surface area (Å²) in [4.78, 5) is 54.9. The summed E-state index contributed by atoms with van der Waals surface area (Å²) < 4.78 is 89.4. The van der Waals surface area contributed by atoms with Crippen LogP contribution in [0.5, 0.6) is 5.75 Å². The Bertz CT molecular complexity index is 2070. The van der Waals surface area contributed by atoms with E-state index in [-0.39, 0.29) is 67.1 Å². The molecule has 6 rings (SSSR count). The molecule has 0 bridgehead atoms. The number of carbonyl (C=O) groups is 3. The third kappa shape index (κ3) is 9.57. The number of nitrogens with zero attached hydrogens (tertiary/aromatic N) is 4. The largest absolute Gasteiger partial charge is 0.573 e. The molecule has 3 aromatic rings. The minimum atomic E-state index is -4.92. The summed E-state index contributed by atoms with van der Waals surface area (Å²) in [5.74, 6) is -1.78. The van der Waals surface area contributed by atoms with Crippen LogP contribution in [0, 0.1) is 13.8 Å². The number of ether oxygens (including phenoxy) is 1. The number of piperidine rings is 3. The first-order valence-electron chi connectivity index (χ1n) is 18.9. The average Bonchev–Trinajstić information content (AvgIpc) is 3.16. The van der Waals surface area contributed by atoms with Crippen molar-refractivity contribution in [2.75, 3.05) is 38.5 Å². The number of anilines is 1. The molecule has 4 heterocycles. The molecule has 3 aliphatic rings. The maximum absolute atomic E-state index is 14.3. The van der Waals surface area contributed by atoms with E-state index in [2.05, 4.69) is 15.4 Å². The lowest BCUT2D eigenvalue weighted by molar-refractivity contribution is -0.275. The topological polar surface area (TPSA) is 116 Å². The van der Waals surface area contributed by atoms with Gasteiger partial charge in [0.15, 0.2) is 0 Å². The Morgan fingerprint density at radius 2 is 1.60 bits per heavy atom. The maximum Gasteiger partial charge on any atom is 0.573 e. The number of hydrogen-bond acceptors (Lipinski definition) is 7. The van der Waals surface area contributed by atoms with E-state index in [4.69, 9.17) is 0 Å². The first kappa shape index (κ1) is 41.6. The van der Waals surface area contributed by atoms with Crippen LogP contribution in [0.15, 0.2) is 47.4 Å². The van der Waals surface area contributed by atoms with Gasteiger partial charge in [0.2, 0.25) is 11.8 Å². The van der Waals surface area contributed by atoms with Crippen molar-refractivity contribution in [2.24, 2.45) is 7.05 Å². The third-order valence-corrected chi connectivity index (χ3v) is 11.5. The fourth-order valence-electron chi connectivity index (χ4n) is 8.09. The van der Waals surface area contributed by atoms with E-state index in [1.165, 1.54) is 22.8 Å². The van der Waals surface area contributed by atoms with Crippen LogP contribution in [0.1, 0.15) is 72.3 Å². The quantitative estimate of drug-likeness (QED) is 0.193. The van der Waals surface area contributed by atoms with Crippen molar-refractivity contribution in [3.63, 3.8) is 0 Å². The molecule has 4 amide bonds. The van der Waals surface area contributed by atoms with Gasteiger partial charge in [0, 0.05) is 87.9 Å². The molecule has 1 unspecified atom stereocenters. The van der Waals surface area contributed by atoms with E-state index >= 15 is 0 Å². The Labute approximate surface area is 325 Å². The van der Waals surface area contributed by atoms with Crippen molar-refractivity contribution < 1.29 is 45.5 Å². The smallest absolute Gasteiger partial charge is 0.405 e. The number of halogens is 6. The predicted molar refractivity (Wildman–Crippen MR) is 200 cm³/mol. The second-order valence-electron chi connectivity index (χ2n) is 15.2. The van der Waals surface area contributed by atoms with Gasteiger partial charge in [-0.1, -0.05) is 18.2 Å². The van der Waals surface area contributed by atoms with Crippen LogP contribution in [-0.2, 0) is 29.4 Å². The van der Waals surface area contributed by atoms with Crippen LogP contribution in [0.2, 0.25) is 0 Å². The van der Waals surface area contributed by atoms with Crippen LogP contribution in [0.3, 0.4) is 0 Å². The zero-order chi connectivity index (χ0) is 41.4. The number of rotatable bonds is 8. The lowest BCUT2D eigenvalue weighted by Crippen LogP contribution is -2.51. The molecule has 308 valence electrons. The SMILES string of the molecule is Cc1c(-c2ccc(CN3CCC(N(C)C(=O)N4CCC(c5ccc(NC6CCC(=O)NC6=O)cc5C(F)(F)F)CC4)CC3)c(OC(F)(F)F)c2)cn(C)c(=O)c1C. The van der Waals surface area contributed by atoms with Gasteiger partial charge in [-0.2, -0.15) is 13.2 Å². The minimum absolute atomic E-state index is 0.0847. The Kier molecular flexibility index (Phi) is 12.0. The average molecular weight is 805 g/mol. The molecule has 0 aliphatic carbocycles. The number of likely N-dealkylation sites (tertiary alicyclic amines) is 2. The number of hydrogen-bond donors (Lipinski definition) is 2. The molecule has 17 heteroatoms. The van der Waals surface area contributed by atoms with Crippen LogP contribution in [0.25, 0.3) is 11.1 Å². The predicted octanol–water partition coefficient (Wildman–Crippen LogP) is 6.70. The summed E-state index contributed by atoms with van der Waals surface area (Å²) in [6.07, 6.45) is -5.95. The summed E-state index contributed by atoms with van der Waals surface area (Å²) in [5, 5.41) is 5.00. The van der Waals surface area contributed by atoms with Gasteiger partial charge in [0.1, 0.15) is 11.8 Å². The number of imide groups is 1. The van der Waals surface area contributed by atoms with Gasteiger partial charge in [-0.15, -0.1) is 13.2 Å². The van der Waals surface area contributed by atoms with Crippen molar-refractivity contribution in [3.05, 3.63) is 80.8 Å². The highest BCUT2D eigenvalue weighted by Crippen LogP contribution is 2.41. The number of urea groups is 1. The molecule has 2 aromatic carbocycles. The molecule has 3 saturated heterocycles. The molecule has 11 nitrogen and oxygen atoms in total. The van der Waals surface area contributed by atoms with Crippen molar-refractivity contribution >= 4 is 23.5 Å². The molecule has 3 aliphatic heterocycles. The highest BCUT2D eigenvalue weighted by atomic mass is 19.4. The molecular weight excluding hydrogens is 758 g/mol. The summed E-state index contributed by atoms with van der Waals surface area (Å²) in [5.41, 5.74) is 1.85. The monoisotopic (exact) mass is 804 g/mol. The number of pyridine rings is 1. The number of amides is 4. The van der Waals surface area contributed by atoms with E-state index in [1.807, 2.05) is 4.90 Å². The van der Waals surface area contributed by atoms with Crippen LogP contribution in [-0.4, -0.2) is 88.8 Å². The van der Waals surface area contributed by atoms with Crippen LogP contribution >= 0.6 is 0 Å². The number of aryl methyl sites for hydroxylation is 1. The fraction of sp³-hybridized carbons (Fsp3) is 0.500. The second kappa shape index (κ2) is 16.4. The van der Waals surface area contributed by atoms with Crippen molar-refractivity contribution in [1.29, 1.82) is 0 Å². The molecule has 1 aromatic heterocycles. The normalized spacial score (nSPS) is 19.1. The highest BCUT2D eigenvalue weighted by molar-refractivity contribution is 6.01. The van der Waals surface area contributed by atoms with Crippen molar-refractivity contribution in [2.45, 2.75) is 89.5 Å². The molecule has 0 saturated carbocycles. The molecular formula is C40H46F6N6O5. The molecule has 1 atom stereocenters. The Morgan fingerprint density at radius 1 is 0.912 bits per heavy atom. The number of carbonyl (C=O) groups excluding carboxylic acids is 3. The number of benzene rings is 2. The van der Waals surface area contributed by atoms with Gasteiger partial charge < -0.3 is 24.4 Å². The Morgan fingerprint density at radius 3 is 2.23 bits per heavy atom. The van der Waals surface area contributed by atoms with E-state index in [0.29, 0.717) is 66.6 Å². The molecule has 57 heavy (non-hydrogen) atoms. The molecule has 0 spiro atoms. The third-order valence-electron chi connectivity index (χ3n) is 11.5. The van der Waals surface area contributed by atoms with Crippen molar-refractivity contribution in [3.8, 4) is 16.9 Å². The Hall–Kier alpha value is -5.06. The first-order valence-corrected chi connectivity index (χ1v) is 18.9. The van der Waals surface area contributed by atoms with Gasteiger partial charge in [-0.3, -0.25) is 24.6 Å². The number of alkyl halides is 6. The van der Waals surface area contributed by atoms with E-state index < -0.39 is 41.9 Å². The van der Waals surface area contributed by atoms with Gasteiger partial charge in [-0.05, 0) is 86.8 Å². The maximum atomic E-state index is 14.3. The van der Waals surface area contributed by atoms with E-state index in [0.717, 1.165) is 6.07 Å². The highest BCUT2D eigenvalue weighted by Gasteiger charge is 2.38. The standard InChI is InChI=1S/C40H46F6N6O5/c1-23-24(2)37(55)49(3)22-31(23)26-5-6-27(34(19-26)57-40(44,45)46)21-51-15-13-29(14-16-51)50(4)38(56)52-17-11-25(12-18-52)30-8-7-28(20-32(30)39(41,42)43)47-33-9-10-35(53)48-36(33)54/h5-8,19-20,22,25,29,33,47H,9-18,21H2,1-4H3,(H,48,53,54). The van der Waals surface area contributed by atoms with E-state index in [9.17, 15) is 45.5 Å². The summed E-state index contributed by atoms with van der Waals surface area (Å²) in [7, 11) is 3.28. The van der Waals surface area contributed by atoms with Crippen molar-refractivity contribution in [1.82, 2.24) is 24.6 Å². The second-order valence-corrected chi connectivity index (χ2v) is 15.2. The molecule has 3 fully saturated rings. The molecule has 2 N–H and O–H groups in total. The van der Waals surface area contributed by atoms with Crippen LogP contribution < -0.4 is 20.9 Å². The van der Waals surface area contributed by atoms with Crippen LogP contribution in [0.4, 0.5) is 36.8 Å². The van der Waals surface area contributed by atoms with E-state index in [1.54, 1.807) is 56.1 Å². The summed E-state index contributed by atoms with van der Waals surface area (Å²) >= 11 is 0. The minimum Gasteiger partial charge on any atom is -0.405 e. The summed E-state index contributed by atoms with van der Waals surface area (Å²) in [6, 6.07) is 7.38. The number of aromatic nitrogens is 1. The lowest BCUT2D eigenvalue weighted by atomic mass is 9.86. The Balaban J connectivity index is 1.05. The number of nitrogens with one attached hydrogen (secondary N) is 2. The lowest BCUT2D eigenvalue weighted by Gasteiger charge is -2.41. The van der Waals surface area contributed by atoms with Gasteiger partial charge in [0.05, 0.1) is 5.56 Å². The van der Waals surface area contributed by atoms with Gasteiger partial charge in [0.25, 0.3) is 5.56 Å². The zero-order valence-electron chi connectivity index (χ0n) is 32.1. The zero-order valence-corrected chi connectivity index (χ0v) is 32.1. The van der Waals surface area contributed by atoms with Gasteiger partial charge in [-0.25, -0.2) is 4.79 Å².